The Labute approximate surface area is 93.4 Å². The maximum absolute atomic E-state index is 11.0. The molecular weight excluding hydrogens is 202 g/mol. The Morgan fingerprint density at radius 3 is 2.94 bits per heavy atom. The summed E-state index contributed by atoms with van der Waals surface area (Å²) in [6, 6.07) is 9.65. The highest BCUT2D eigenvalue weighted by Gasteiger charge is 1.98. The molecule has 0 fully saturated rings. The van der Waals surface area contributed by atoms with Crippen LogP contribution in [0, 0.1) is 0 Å². The zero-order chi connectivity index (χ0) is 11.4. The summed E-state index contributed by atoms with van der Waals surface area (Å²) >= 11 is 0. The lowest BCUT2D eigenvalue weighted by Gasteiger charge is -2.00. The number of para-hydroxylation sites is 1. The van der Waals surface area contributed by atoms with Gasteiger partial charge >= 0.3 is 5.97 Å². The lowest BCUT2D eigenvalue weighted by molar-refractivity contribution is -0.134. The number of hydrogen-bond donors (Lipinski definition) is 0. The lowest BCUT2D eigenvalue weighted by Crippen LogP contribution is -1.93. The van der Waals surface area contributed by atoms with E-state index < -0.39 is 0 Å². The van der Waals surface area contributed by atoms with Crippen molar-refractivity contribution < 1.29 is 9.53 Å². The molecule has 0 N–H and O–H groups in total. The smallest absolute Gasteiger partial charge is 0.330 e. The SMILES string of the molecule is COC(=O)C=Cc1ccnc2ccccc12. The highest BCUT2D eigenvalue weighted by Crippen LogP contribution is 2.17. The van der Waals surface area contributed by atoms with Gasteiger partial charge in [0.2, 0.25) is 0 Å². The number of nitrogens with zero attached hydrogens (tertiary/aromatic N) is 1. The second-order valence-corrected chi connectivity index (χ2v) is 3.27. The maximum Gasteiger partial charge on any atom is 0.330 e. The van der Waals surface area contributed by atoms with Crippen LogP contribution >= 0.6 is 0 Å². The monoisotopic (exact) mass is 213 g/mol. The van der Waals surface area contributed by atoms with Gasteiger partial charge in [-0.3, -0.25) is 4.98 Å². The lowest BCUT2D eigenvalue weighted by atomic mass is 10.1. The highest BCUT2D eigenvalue weighted by molar-refractivity contribution is 5.93. The number of carbonyl (C=O) groups is 1. The first-order valence-electron chi connectivity index (χ1n) is 4.91. The average molecular weight is 213 g/mol. The fourth-order valence-electron chi connectivity index (χ4n) is 1.49. The molecule has 0 atom stereocenters. The van der Waals surface area contributed by atoms with Crippen molar-refractivity contribution >= 4 is 22.9 Å². The number of rotatable bonds is 2. The topological polar surface area (TPSA) is 39.2 Å². The molecule has 1 aromatic carbocycles. The van der Waals surface area contributed by atoms with E-state index in [1.165, 1.54) is 13.2 Å². The van der Waals surface area contributed by atoms with E-state index in [0.717, 1.165) is 16.5 Å². The van der Waals surface area contributed by atoms with E-state index >= 15 is 0 Å². The minimum absolute atomic E-state index is 0.360. The number of methoxy groups -OCH3 is 1. The molecule has 0 saturated heterocycles. The Balaban J connectivity index is 2.45. The van der Waals surface area contributed by atoms with Crippen molar-refractivity contribution in [3.63, 3.8) is 0 Å². The third-order valence-corrected chi connectivity index (χ3v) is 2.28. The molecule has 80 valence electrons. The highest BCUT2D eigenvalue weighted by atomic mass is 16.5. The fraction of sp³-hybridized carbons (Fsp3) is 0.0769. The Hall–Kier alpha value is -2.16. The van der Waals surface area contributed by atoms with Crippen LogP contribution in [0.3, 0.4) is 0 Å². The first-order valence-corrected chi connectivity index (χ1v) is 4.91. The quantitative estimate of drug-likeness (QED) is 0.568. The van der Waals surface area contributed by atoms with Gasteiger partial charge in [-0.05, 0) is 23.8 Å². The van der Waals surface area contributed by atoms with Crippen molar-refractivity contribution in [2.24, 2.45) is 0 Å². The Kier molecular flexibility index (Phi) is 2.96. The summed E-state index contributed by atoms with van der Waals surface area (Å²) in [6.45, 7) is 0. The van der Waals surface area contributed by atoms with Gasteiger partial charge in [-0.2, -0.15) is 0 Å². The van der Waals surface area contributed by atoms with Crippen LogP contribution in [0.1, 0.15) is 5.56 Å². The Bertz CT molecular complexity index is 541. The van der Waals surface area contributed by atoms with Gasteiger partial charge in [-0.25, -0.2) is 4.79 Å². The van der Waals surface area contributed by atoms with E-state index in [1.54, 1.807) is 12.3 Å². The molecule has 2 aromatic rings. The van der Waals surface area contributed by atoms with Crippen LogP contribution in [0.15, 0.2) is 42.6 Å². The second kappa shape index (κ2) is 4.57. The number of ether oxygens (including phenoxy) is 1. The van der Waals surface area contributed by atoms with Crippen LogP contribution in [-0.4, -0.2) is 18.1 Å². The molecule has 1 aromatic heterocycles. The average Bonchev–Trinajstić information content (AvgIpc) is 2.35. The number of hydrogen-bond acceptors (Lipinski definition) is 3. The van der Waals surface area contributed by atoms with Crippen LogP contribution in [0.4, 0.5) is 0 Å². The predicted molar refractivity (Wildman–Crippen MR) is 62.8 cm³/mol. The summed E-state index contributed by atoms with van der Waals surface area (Å²) < 4.78 is 4.54. The number of esters is 1. The maximum atomic E-state index is 11.0. The van der Waals surface area contributed by atoms with Gasteiger partial charge in [0, 0.05) is 17.7 Å². The molecule has 16 heavy (non-hydrogen) atoms. The van der Waals surface area contributed by atoms with Crippen LogP contribution < -0.4 is 0 Å². The first-order chi connectivity index (χ1) is 7.81. The fourth-order valence-corrected chi connectivity index (χ4v) is 1.49. The predicted octanol–water partition coefficient (Wildman–Crippen LogP) is 2.42. The van der Waals surface area contributed by atoms with E-state index in [0.29, 0.717) is 0 Å². The Morgan fingerprint density at radius 1 is 1.31 bits per heavy atom. The molecule has 3 heteroatoms. The van der Waals surface area contributed by atoms with Crippen molar-refractivity contribution in [3.8, 4) is 0 Å². The molecule has 2 rings (SSSR count). The molecule has 0 aliphatic carbocycles. The normalized spacial score (nSPS) is 10.8. The van der Waals surface area contributed by atoms with E-state index in [2.05, 4.69) is 9.72 Å². The largest absolute Gasteiger partial charge is 0.466 e. The molecule has 0 amide bonds. The number of aromatic nitrogens is 1. The van der Waals surface area contributed by atoms with E-state index in [-0.39, 0.29) is 5.97 Å². The summed E-state index contributed by atoms with van der Waals surface area (Å²) in [4.78, 5) is 15.2. The van der Waals surface area contributed by atoms with Gasteiger partial charge in [-0.1, -0.05) is 18.2 Å². The minimum Gasteiger partial charge on any atom is -0.466 e. The van der Waals surface area contributed by atoms with Gasteiger partial charge in [0.05, 0.1) is 12.6 Å². The molecular formula is C13H11NO2. The number of benzene rings is 1. The van der Waals surface area contributed by atoms with E-state index in [9.17, 15) is 4.79 Å². The van der Waals surface area contributed by atoms with Gasteiger partial charge in [0.25, 0.3) is 0 Å². The zero-order valence-corrected chi connectivity index (χ0v) is 8.88. The third kappa shape index (κ3) is 2.08. The molecule has 0 aliphatic heterocycles. The van der Waals surface area contributed by atoms with E-state index in [1.807, 2.05) is 30.3 Å². The first kappa shape index (κ1) is 10.4. The van der Waals surface area contributed by atoms with Crippen LogP contribution in [0.2, 0.25) is 0 Å². The van der Waals surface area contributed by atoms with Gasteiger partial charge in [-0.15, -0.1) is 0 Å². The minimum atomic E-state index is -0.360. The number of fused-ring (bicyclic) bond motifs is 1. The number of pyridine rings is 1. The number of carbonyl (C=O) groups excluding carboxylic acids is 1. The van der Waals surface area contributed by atoms with Gasteiger partial charge in [0.15, 0.2) is 0 Å². The van der Waals surface area contributed by atoms with Crippen LogP contribution in [0.25, 0.3) is 17.0 Å². The van der Waals surface area contributed by atoms with Gasteiger partial charge in [0.1, 0.15) is 0 Å². The molecule has 0 radical (unpaired) electrons. The molecule has 0 unspecified atom stereocenters. The van der Waals surface area contributed by atoms with Crippen molar-refractivity contribution in [1.82, 2.24) is 4.98 Å². The summed E-state index contributed by atoms with van der Waals surface area (Å²) in [6.07, 6.45) is 4.86. The summed E-state index contributed by atoms with van der Waals surface area (Å²) in [5, 5.41) is 1.02. The molecule has 3 nitrogen and oxygen atoms in total. The molecule has 1 heterocycles. The molecule has 0 aliphatic rings. The molecule has 0 spiro atoms. The summed E-state index contributed by atoms with van der Waals surface area (Å²) in [5.41, 5.74) is 1.87. The third-order valence-electron chi connectivity index (χ3n) is 2.28. The Morgan fingerprint density at radius 2 is 2.12 bits per heavy atom. The van der Waals surface area contributed by atoms with Crippen LogP contribution in [0.5, 0.6) is 0 Å². The second-order valence-electron chi connectivity index (χ2n) is 3.27. The summed E-state index contributed by atoms with van der Waals surface area (Å²) in [5.74, 6) is -0.360. The van der Waals surface area contributed by atoms with Crippen molar-refractivity contribution in [2.75, 3.05) is 7.11 Å². The zero-order valence-electron chi connectivity index (χ0n) is 8.88. The summed E-state index contributed by atoms with van der Waals surface area (Å²) in [7, 11) is 1.36. The van der Waals surface area contributed by atoms with Crippen molar-refractivity contribution in [2.45, 2.75) is 0 Å². The standard InChI is InChI=1S/C13H11NO2/c1-16-13(15)7-6-10-8-9-14-12-5-3-2-4-11(10)12/h2-9H,1H3. The van der Waals surface area contributed by atoms with Crippen molar-refractivity contribution in [1.29, 1.82) is 0 Å². The molecule has 0 saturated carbocycles. The van der Waals surface area contributed by atoms with Crippen molar-refractivity contribution in [3.05, 3.63) is 48.2 Å². The molecule has 0 bridgehead atoms. The van der Waals surface area contributed by atoms with Gasteiger partial charge < -0.3 is 4.74 Å². The van der Waals surface area contributed by atoms with Crippen LogP contribution in [-0.2, 0) is 9.53 Å². The van der Waals surface area contributed by atoms with E-state index in [4.69, 9.17) is 0 Å².